The third-order valence-corrected chi connectivity index (χ3v) is 3.59. The van der Waals surface area contributed by atoms with Gasteiger partial charge in [-0.25, -0.2) is 10.9 Å². The second kappa shape index (κ2) is 10.7. The molecule has 2 heterocycles. The molecule has 0 unspecified atom stereocenters. The molecule has 0 bridgehead atoms. The summed E-state index contributed by atoms with van der Waals surface area (Å²) in [7, 11) is 0. The van der Waals surface area contributed by atoms with Crippen LogP contribution in [0.5, 0.6) is 0 Å². The number of carbonyl (C=O) groups excluding carboxylic acids is 2. The van der Waals surface area contributed by atoms with Crippen LogP contribution >= 0.6 is 0 Å². The number of nitrogens with one attached hydrogen (secondary N) is 2. The fourth-order valence-corrected chi connectivity index (χ4v) is 2.24. The molecule has 8 heteroatoms. The van der Waals surface area contributed by atoms with Gasteiger partial charge in [-0.15, -0.1) is 0 Å². The molecule has 0 aromatic carbocycles. The zero-order valence-corrected chi connectivity index (χ0v) is 15.5. The summed E-state index contributed by atoms with van der Waals surface area (Å²) in [5, 5.41) is 7.67. The number of amides is 2. The summed E-state index contributed by atoms with van der Waals surface area (Å²) in [6, 6.07) is 7.19. The summed E-state index contributed by atoms with van der Waals surface area (Å²) in [4.78, 5) is 23.3. The van der Waals surface area contributed by atoms with Gasteiger partial charge in [0.25, 0.3) is 0 Å². The van der Waals surface area contributed by atoms with Crippen molar-refractivity contribution in [2.75, 3.05) is 0 Å². The average Bonchev–Trinajstić information content (AvgIpc) is 3.23. The molecule has 2 aromatic rings. The summed E-state index contributed by atoms with van der Waals surface area (Å²) in [6.07, 6.45) is 5.76. The summed E-state index contributed by atoms with van der Waals surface area (Å²) < 4.78 is 10.6. The first-order valence-corrected chi connectivity index (χ1v) is 8.79. The molecule has 0 aliphatic heterocycles. The van der Waals surface area contributed by atoms with Gasteiger partial charge in [-0.2, -0.15) is 10.2 Å². The highest BCUT2D eigenvalue weighted by atomic mass is 16.3. The van der Waals surface area contributed by atoms with Gasteiger partial charge < -0.3 is 8.83 Å². The van der Waals surface area contributed by atoms with Crippen LogP contribution in [0.15, 0.2) is 43.3 Å². The number of hydrogen-bond acceptors (Lipinski definition) is 6. The van der Waals surface area contributed by atoms with E-state index >= 15 is 0 Å². The van der Waals surface area contributed by atoms with Crippen molar-refractivity contribution in [1.82, 2.24) is 10.9 Å². The van der Waals surface area contributed by atoms with Gasteiger partial charge in [0.1, 0.15) is 23.0 Å². The fourth-order valence-electron chi connectivity index (χ4n) is 2.24. The summed E-state index contributed by atoms with van der Waals surface area (Å²) in [6.45, 7) is 3.67. The monoisotopic (exact) mass is 372 g/mol. The van der Waals surface area contributed by atoms with Crippen LogP contribution in [0.3, 0.4) is 0 Å². The largest absolute Gasteiger partial charge is 0.460 e. The van der Waals surface area contributed by atoms with Crippen molar-refractivity contribution in [3.63, 3.8) is 0 Å². The van der Waals surface area contributed by atoms with Crippen molar-refractivity contribution in [1.29, 1.82) is 0 Å². The minimum Gasteiger partial charge on any atom is -0.460 e. The number of nitrogens with zero attached hydrogens (tertiary/aromatic N) is 2. The maximum absolute atomic E-state index is 11.7. The van der Waals surface area contributed by atoms with Crippen molar-refractivity contribution in [3.8, 4) is 0 Å². The predicted octanol–water partition coefficient (Wildman–Crippen LogP) is 3.04. The van der Waals surface area contributed by atoms with Crippen LogP contribution in [0, 0.1) is 13.8 Å². The van der Waals surface area contributed by atoms with Gasteiger partial charge in [-0.3, -0.25) is 9.59 Å². The molecule has 2 aromatic heterocycles. The van der Waals surface area contributed by atoms with E-state index in [2.05, 4.69) is 21.1 Å². The summed E-state index contributed by atoms with van der Waals surface area (Å²) in [5.41, 5.74) is 4.90. The maximum atomic E-state index is 11.7. The highest BCUT2D eigenvalue weighted by Crippen LogP contribution is 2.05. The van der Waals surface area contributed by atoms with Gasteiger partial charge in [0, 0.05) is 12.8 Å². The third kappa shape index (κ3) is 8.17. The van der Waals surface area contributed by atoms with Crippen LogP contribution in [0.4, 0.5) is 0 Å². The van der Waals surface area contributed by atoms with E-state index in [9.17, 15) is 9.59 Å². The number of carbonyl (C=O) groups is 2. The second-order valence-corrected chi connectivity index (χ2v) is 6.04. The topological polar surface area (TPSA) is 109 Å². The quantitative estimate of drug-likeness (QED) is 0.379. The molecule has 0 fully saturated rings. The van der Waals surface area contributed by atoms with E-state index in [1.54, 1.807) is 12.1 Å². The van der Waals surface area contributed by atoms with Gasteiger partial charge in [0.2, 0.25) is 11.8 Å². The normalized spacial score (nSPS) is 11.3. The first-order chi connectivity index (χ1) is 13.0. The number of hydrogen-bond donors (Lipinski definition) is 2. The molecule has 2 rings (SSSR count). The van der Waals surface area contributed by atoms with E-state index in [1.807, 2.05) is 26.0 Å². The Morgan fingerprint density at radius 3 is 1.63 bits per heavy atom. The lowest BCUT2D eigenvalue weighted by atomic mass is 10.1. The number of aryl methyl sites for hydroxylation is 2. The minimum absolute atomic E-state index is 0.169. The molecular formula is C19H24N4O4. The molecule has 0 saturated heterocycles. The Morgan fingerprint density at radius 1 is 0.815 bits per heavy atom. The highest BCUT2D eigenvalue weighted by molar-refractivity contribution is 5.81. The molecular weight excluding hydrogens is 348 g/mol. The smallest absolute Gasteiger partial charge is 0.240 e. The van der Waals surface area contributed by atoms with Gasteiger partial charge in [0.05, 0.1) is 12.4 Å². The molecule has 0 spiro atoms. The maximum Gasteiger partial charge on any atom is 0.240 e. The molecule has 0 aliphatic rings. The molecule has 8 nitrogen and oxygen atoms in total. The zero-order chi connectivity index (χ0) is 19.5. The number of rotatable bonds is 10. The van der Waals surface area contributed by atoms with Gasteiger partial charge in [-0.1, -0.05) is 6.42 Å². The van der Waals surface area contributed by atoms with Gasteiger partial charge in [-0.05, 0) is 51.0 Å². The first-order valence-electron chi connectivity index (χ1n) is 8.79. The second-order valence-electron chi connectivity index (χ2n) is 6.04. The first kappa shape index (κ1) is 20.2. The molecule has 27 heavy (non-hydrogen) atoms. The number of hydrazone groups is 2. The molecule has 144 valence electrons. The van der Waals surface area contributed by atoms with Crippen molar-refractivity contribution in [3.05, 3.63) is 47.3 Å². The summed E-state index contributed by atoms with van der Waals surface area (Å²) in [5.74, 6) is 2.41. The van der Waals surface area contributed by atoms with Crippen LogP contribution in [-0.2, 0) is 9.59 Å². The molecule has 2 N–H and O–H groups in total. The molecule has 0 aliphatic carbocycles. The standard InChI is InChI=1S/C19H24N4O4/c1-14-8-10-16(26-14)12-20-22-18(24)6-4-3-5-7-19(25)23-21-13-17-11-9-15(2)27-17/h8-13H,3-7H2,1-2H3,(H,22,24)(H,23,25). The van der Waals surface area contributed by atoms with Crippen molar-refractivity contribution in [2.24, 2.45) is 10.2 Å². The molecule has 0 saturated carbocycles. The Labute approximate surface area is 157 Å². The predicted molar refractivity (Wildman–Crippen MR) is 101 cm³/mol. The molecule has 0 radical (unpaired) electrons. The molecule has 2 amide bonds. The van der Waals surface area contributed by atoms with Crippen LogP contribution < -0.4 is 10.9 Å². The van der Waals surface area contributed by atoms with Crippen molar-refractivity contribution >= 4 is 24.2 Å². The zero-order valence-electron chi connectivity index (χ0n) is 15.5. The number of unbranched alkanes of at least 4 members (excludes halogenated alkanes) is 2. The van der Waals surface area contributed by atoms with Crippen LogP contribution in [0.1, 0.15) is 55.1 Å². The summed E-state index contributed by atoms with van der Waals surface area (Å²) >= 11 is 0. The Balaban J connectivity index is 1.50. The van der Waals surface area contributed by atoms with E-state index in [-0.39, 0.29) is 11.8 Å². The van der Waals surface area contributed by atoms with Crippen molar-refractivity contribution in [2.45, 2.75) is 46.0 Å². The van der Waals surface area contributed by atoms with Gasteiger partial charge >= 0.3 is 0 Å². The molecule has 0 atom stereocenters. The lowest BCUT2D eigenvalue weighted by molar-refractivity contribution is -0.121. The van der Waals surface area contributed by atoms with E-state index < -0.39 is 0 Å². The van der Waals surface area contributed by atoms with Gasteiger partial charge in [0.15, 0.2) is 0 Å². The van der Waals surface area contributed by atoms with Crippen LogP contribution in [0.25, 0.3) is 0 Å². The van der Waals surface area contributed by atoms with E-state index in [0.717, 1.165) is 17.9 Å². The van der Waals surface area contributed by atoms with Crippen LogP contribution in [0.2, 0.25) is 0 Å². The fraction of sp³-hybridized carbons (Fsp3) is 0.368. The Morgan fingerprint density at radius 2 is 1.26 bits per heavy atom. The Hall–Kier alpha value is -3.16. The van der Waals surface area contributed by atoms with E-state index in [1.165, 1.54) is 12.4 Å². The van der Waals surface area contributed by atoms with Crippen LogP contribution in [-0.4, -0.2) is 24.2 Å². The SMILES string of the molecule is Cc1ccc(C=NNC(=O)CCCCCC(=O)NN=Cc2ccc(C)o2)o1. The van der Waals surface area contributed by atoms with E-state index in [4.69, 9.17) is 8.83 Å². The lowest BCUT2D eigenvalue weighted by Gasteiger charge is -2.01. The average molecular weight is 372 g/mol. The minimum atomic E-state index is -0.169. The third-order valence-electron chi connectivity index (χ3n) is 3.59. The Bertz CT molecular complexity index is 738. The van der Waals surface area contributed by atoms with Crippen molar-refractivity contribution < 1.29 is 18.4 Å². The Kier molecular flexibility index (Phi) is 8.02. The highest BCUT2D eigenvalue weighted by Gasteiger charge is 2.03. The van der Waals surface area contributed by atoms with E-state index in [0.29, 0.717) is 37.2 Å². The lowest BCUT2D eigenvalue weighted by Crippen LogP contribution is -2.18. The number of furan rings is 2.